The Morgan fingerprint density at radius 1 is 0.833 bits per heavy atom. The standard InChI is InChI=1S/C22H21NO/c1-2-23-20-11-7-6-10-18(20)19-15-17(12-13-21(19)23)22(24)14-16-8-4-3-5-9-16/h3-13,15,22,24H,2,14H2,1H3. The number of aryl methyl sites for hydroxylation is 1. The average Bonchev–Trinajstić information content (AvgIpc) is 2.95. The maximum absolute atomic E-state index is 10.7. The van der Waals surface area contributed by atoms with Crippen molar-refractivity contribution in [2.45, 2.75) is 26.0 Å². The van der Waals surface area contributed by atoms with Crippen LogP contribution in [0.25, 0.3) is 21.8 Å². The van der Waals surface area contributed by atoms with Gasteiger partial charge in [0, 0.05) is 34.8 Å². The number of para-hydroxylation sites is 1. The molecule has 1 heterocycles. The van der Waals surface area contributed by atoms with Crippen molar-refractivity contribution in [2.24, 2.45) is 0 Å². The average molecular weight is 315 g/mol. The van der Waals surface area contributed by atoms with E-state index in [1.165, 1.54) is 21.8 Å². The van der Waals surface area contributed by atoms with Gasteiger partial charge in [0.15, 0.2) is 0 Å². The first-order valence-corrected chi connectivity index (χ1v) is 8.51. The maximum atomic E-state index is 10.7. The van der Waals surface area contributed by atoms with Crippen molar-refractivity contribution in [3.05, 3.63) is 83.9 Å². The lowest BCUT2D eigenvalue weighted by Gasteiger charge is -2.12. The molecule has 0 aliphatic heterocycles. The van der Waals surface area contributed by atoms with E-state index in [1.54, 1.807) is 0 Å². The molecule has 0 saturated heterocycles. The van der Waals surface area contributed by atoms with Crippen LogP contribution in [-0.2, 0) is 13.0 Å². The molecule has 24 heavy (non-hydrogen) atoms. The van der Waals surface area contributed by atoms with Crippen LogP contribution in [-0.4, -0.2) is 9.67 Å². The van der Waals surface area contributed by atoms with Gasteiger partial charge in [0.2, 0.25) is 0 Å². The zero-order chi connectivity index (χ0) is 16.5. The van der Waals surface area contributed by atoms with E-state index in [2.05, 4.69) is 66.1 Å². The second kappa shape index (κ2) is 6.14. The summed E-state index contributed by atoms with van der Waals surface area (Å²) in [4.78, 5) is 0. The Kier molecular flexibility index (Phi) is 3.83. The van der Waals surface area contributed by atoms with Gasteiger partial charge < -0.3 is 9.67 Å². The zero-order valence-electron chi connectivity index (χ0n) is 13.8. The number of hydrogen-bond donors (Lipinski definition) is 1. The van der Waals surface area contributed by atoms with Gasteiger partial charge in [-0.3, -0.25) is 0 Å². The fraction of sp³-hybridized carbons (Fsp3) is 0.182. The van der Waals surface area contributed by atoms with Gasteiger partial charge in [0.1, 0.15) is 0 Å². The molecule has 0 fully saturated rings. The molecule has 0 saturated carbocycles. The minimum atomic E-state index is -0.486. The maximum Gasteiger partial charge on any atom is 0.0830 e. The summed E-state index contributed by atoms with van der Waals surface area (Å²) in [6.07, 6.45) is 0.152. The summed E-state index contributed by atoms with van der Waals surface area (Å²) in [5.41, 5.74) is 4.62. The molecular weight excluding hydrogens is 294 g/mol. The van der Waals surface area contributed by atoms with Gasteiger partial charge in [-0.2, -0.15) is 0 Å². The number of aliphatic hydroxyl groups excluding tert-OH is 1. The van der Waals surface area contributed by atoms with Crippen LogP contribution in [0, 0.1) is 0 Å². The Balaban J connectivity index is 1.79. The van der Waals surface area contributed by atoms with E-state index in [-0.39, 0.29) is 0 Å². The fourth-order valence-electron chi connectivity index (χ4n) is 3.57. The predicted octanol–water partition coefficient (Wildman–Crippen LogP) is 5.09. The molecule has 4 aromatic rings. The molecule has 2 nitrogen and oxygen atoms in total. The Hall–Kier alpha value is -2.58. The molecule has 1 atom stereocenters. The van der Waals surface area contributed by atoms with Gasteiger partial charge in [0.25, 0.3) is 0 Å². The van der Waals surface area contributed by atoms with Crippen molar-refractivity contribution in [3.63, 3.8) is 0 Å². The number of hydrogen-bond acceptors (Lipinski definition) is 1. The van der Waals surface area contributed by atoms with Crippen LogP contribution in [0.4, 0.5) is 0 Å². The summed E-state index contributed by atoms with van der Waals surface area (Å²) in [7, 11) is 0. The van der Waals surface area contributed by atoms with E-state index in [1.807, 2.05) is 18.2 Å². The summed E-state index contributed by atoms with van der Waals surface area (Å²) in [6.45, 7) is 3.11. The van der Waals surface area contributed by atoms with E-state index in [0.29, 0.717) is 6.42 Å². The van der Waals surface area contributed by atoms with Crippen LogP contribution in [0.3, 0.4) is 0 Å². The van der Waals surface area contributed by atoms with Crippen LogP contribution >= 0.6 is 0 Å². The summed E-state index contributed by atoms with van der Waals surface area (Å²) < 4.78 is 2.33. The largest absolute Gasteiger partial charge is 0.388 e. The highest BCUT2D eigenvalue weighted by atomic mass is 16.3. The van der Waals surface area contributed by atoms with Crippen molar-refractivity contribution in [2.75, 3.05) is 0 Å². The van der Waals surface area contributed by atoms with Crippen LogP contribution < -0.4 is 0 Å². The second-order valence-electron chi connectivity index (χ2n) is 6.24. The molecule has 3 aromatic carbocycles. The first-order chi connectivity index (χ1) is 11.8. The summed E-state index contributed by atoms with van der Waals surface area (Å²) in [5.74, 6) is 0. The van der Waals surface area contributed by atoms with Crippen molar-refractivity contribution in [1.82, 2.24) is 4.57 Å². The van der Waals surface area contributed by atoms with Gasteiger partial charge in [-0.15, -0.1) is 0 Å². The van der Waals surface area contributed by atoms with Crippen molar-refractivity contribution in [3.8, 4) is 0 Å². The van der Waals surface area contributed by atoms with Crippen LogP contribution in [0.5, 0.6) is 0 Å². The third-order valence-electron chi connectivity index (χ3n) is 4.77. The number of benzene rings is 3. The van der Waals surface area contributed by atoms with E-state index >= 15 is 0 Å². The molecule has 0 amide bonds. The zero-order valence-corrected chi connectivity index (χ0v) is 13.8. The molecule has 1 aromatic heterocycles. The highest BCUT2D eigenvalue weighted by molar-refractivity contribution is 6.08. The number of rotatable bonds is 4. The Bertz CT molecular complexity index is 985. The van der Waals surface area contributed by atoms with E-state index in [4.69, 9.17) is 0 Å². The number of fused-ring (bicyclic) bond motifs is 3. The fourth-order valence-corrected chi connectivity index (χ4v) is 3.57. The lowest BCUT2D eigenvalue weighted by Crippen LogP contribution is -2.01. The highest BCUT2D eigenvalue weighted by Crippen LogP contribution is 2.31. The molecule has 0 spiro atoms. The molecule has 0 aliphatic carbocycles. The molecule has 0 radical (unpaired) electrons. The van der Waals surface area contributed by atoms with Crippen LogP contribution in [0.2, 0.25) is 0 Å². The molecule has 120 valence electrons. The van der Waals surface area contributed by atoms with Crippen molar-refractivity contribution in [1.29, 1.82) is 0 Å². The smallest absolute Gasteiger partial charge is 0.0830 e. The Morgan fingerprint density at radius 2 is 1.54 bits per heavy atom. The molecule has 0 aliphatic rings. The minimum Gasteiger partial charge on any atom is -0.388 e. The molecule has 2 heteroatoms. The summed E-state index contributed by atoms with van der Waals surface area (Å²) in [6, 6.07) is 25.0. The van der Waals surface area contributed by atoms with Gasteiger partial charge in [0.05, 0.1) is 6.10 Å². The third-order valence-corrected chi connectivity index (χ3v) is 4.77. The first kappa shape index (κ1) is 15.0. The minimum absolute atomic E-state index is 0.486. The number of aliphatic hydroxyl groups is 1. The highest BCUT2D eigenvalue weighted by Gasteiger charge is 2.13. The topological polar surface area (TPSA) is 25.2 Å². The van der Waals surface area contributed by atoms with Gasteiger partial charge in [-0.05, 0) is 36.2 Å². The predicted molar refractivity (Wildman–Crippen MR) is 100 cm³/mol. The lowest BCUT2D eigenvalue weighted by molar-refractivity contribution is 0.178. The van der Waals surface area contributed by atoms with E-state index < -0.39 is 6.10 Å². The van der Waals surface area contributed by atoms with Crippen molar-refractivity contribution >= 4 is 21.8 Å². The molecule has 1 unspecified atom stereocenters. The normalized spacial score (nSPS) is 12.8. The van der Waals surface area contributed by atoms with Crippen LogP contribution in [0.1, 0.15) is 24.2 Å². The number of nitrogens with zero attached hydrogens (tertiary/aromatic N) is 1. The summed E-state index contributed by atoms with van der Waals surface area (Å²) >= 11 is 0. The van der Waals surface area contributed by atoms with Crippen LogP contribution in [0.15, 0.2) is 72.8 Å². The third kappa shape index (κ3) is 2.49. The Morgan fingerprint density at radius 3 is 2.33 bits per heavy atom. The second-order valence-corrected chi connectivity index (χ2v) is 6.24. The quantitative estimate of drug-likeness (QED) is 0.557. The van der Waals surface area contributed by atoms with Crippen molar-refractivity contribution < 1.29 is 5.11 Å². The van der Waals surface area contributed by atoms with Gasteiger partial charge in [-0.25, -0.2) is 0 Å². The first-order valence-electron chi connectivity index (χ1n) is 8.51. The molecule has 0 bridgehead atoms. The SMILES string of the molecule is CCn1c2ccccc2c2cc(C(O)Cc3ccccc3)ccc21. The molecular formula is C22H21NO. The molecule has 4 rings (SSSR count). The number of aromatic nitrogens is 1. The van der Waals surface area contributed by atoms with E-state index in [9.17, 15) is 5.11 Å². The molecule has 1 N–H and O–H groups in total. The monoisotopic (exact) mass is 315 g/mol. The van der Waals surface area contributed by atoms with Gasteiger partial charge >= 0.3 is 0 Å². The Labute approximate surface area is 142 Å². The van der Waals surface area contributed by atoms with E-state index in [0.717, 1.165) is 17.7 Å². The summed E-state index contributed by atoms with van der Waals surface area (Å²) in [5, 5.41) is 13.1. The van der Waals surface area contributed by atoms with Gasteiger partial charge in [-0.1, -0.05) is 54.6 Å². The lowest BCUT2D eigenvalue weighted by atomic mass is 9.99.